The highest BCUT2D eigenvalue weighted by Gasteiger charge is 2.44. The minimum atomic E-state index is -0.664. The van der Waals surface area contributed by atoms with E-state index < -0.39 is 17.4 Å². The van der Waals surface area contributed by atoms with Crippen LogP contribution < -0.4 is 10.9 Å². The number of anilines is 1. The van der Waals surface area contributed by atoms with Crippen LogP contribution in [-0.4, -0.2) is 29.2 Å². The van der Waals surface area contributed by atoms with Crippen molar-refractivity contribution < 1.29 is 9.53 Å². The van der Waals surface area contributed by atoms with Crippen molar-refractivity contribution in [3.8, 4) is 0 Å². The van der Waals surface area contributed by atoms with E-state index in [1.54, 1.807) is 0 Å². The second-order valence-corrected chi connectivity index (χ2v) is 7.03. The van der Waals surface area contributed by atoms with Crippen LogP contribution in [0.2, 0.25) is 5.15 Å². The fourth-order valence-electron chi connectivity index (χ4n) is 2.83. The molecule has 1 aromatic heterocycles. The van der Waals surface area contributed by atoms with Crippen LogP contribution in [0.25, 0.3) is 0 Å². The molecule has 1 aromatic rings. The number of fused-ring (bicyclic) bond motifs is 1. The highest BCUT2D eigenvalue weighted by atomic mass is 35.5. The van der Waals surface area contributed by atoms with Gasteiger partial charge in [-0.15, -0.1) is 0 Å². The van der Waals surface area contributed by atoms with Gasteiger partial charge in [-0.25, -0.2) is 9.78 Å². The number of ether oxygens (including phenoxy) is 1. The number of carbonyl (C=O) groups is 1. The zero-order chi connectivity index (χ0) is 16.7. The maximum Gasteiger partial charge on any atom is 0.329 e. The second kappa shape index (κ2) is 5.91. The molecule has 2 rings (SSSR count). The summed E-state index contributed by atoms with van der Waals surface area (Å²) in [6.07, 6.45) is 0.462. The van der Waals surface area contributed by atoms with Crippen LogP contribution in [0, 0.1) is 5.92 Å². The Hall–Kier alpha value is -1.56. The normalized spacial score (nSPS) is 19.1. The van der Waals surface area contributed by atoms with Gasteiger partial charge in [-0.2, -0.15) is 0 Å². The maximum absolute atomic E-state index is 12.7. The smallest absolute Gasteiger partial charge is 0.329 e. The zero-order valence-corrected chi connectivity index (χ0v) is 14.3. The van der Waals surface area contributed by atoms with Gasteiger partial charge in [0.2, 0.25) is 0 Å². The molecule has 6 nitrogen and oxygen atoms in total. The third-order valence-corrected chi connectivity index (χ3v) is 4.14. The van der Waals surface area contributed by atoms with E-state index in [9.17, 15) is 9.59 Å². The van der Waals surface area contributed by atoms with Crippen molar-refractivity contribution in [1.82, 2.24) is 9.55 Å². The number of esters is 1. The quantitative estimate of drug-likeness (QED) is 0.859. The van der Waals surface area contributed by atoms with Gasteiger partial charge in [-0.1, -0.05) is 39.3 Å². The Morgan fingerprint density at radius 2 is 2.18 bits per heavy atom. The van der Waals surface area contributed by atoms with Crippen molar-refractivity contribution in [3.05, 3.63) is 21.2 Å². The van der Waals surface area contributed by atoms with Gasteiger partial charge in [0.05, 0.1) is 12.8 Å². The predicted octanol–water partition coefficient (Wildman–Crippen LogP) is 2.36. The number of hydrogen-bond acceptors (Lipinski definition) is 5. The van der Waals surface area contributed by atoms with E-state index in [1.807, 2.05) is 27.7 Å². The van der Waals surface area contributed by atoms with Crippen LogP contribution in [0.5, 0.6) is 0 Å². The Balaban J connectivity index is 2.58. The van der Waals surface area contributed by atoms with E-state index in [4.69, 9.17) is 16.3 Å². The van der Waals surface area contributed by atoms with E-state index in [0.29, 0.717) is 24.6 Å². The number of nitrogens with one attached hydrogen (secondary N) is 1. The molecule has 0 saturated carbocycles. The van der Waals surface area contributed by atoms with Gasteiger partial charge in [0.1, 0.15) is 6.04 Å². The summed E-state index contributed by atoms with van der Waals surface area (Å²) in [4.78, 5) is 29.0. The van der Waals surface area contributed by atoms with E-state index in [0.717, 1.165) is 0 Å². The SMILES string of the molecule is COC(=O)[C@@H]1CC(C)(C)c2c(Cl)nc(NCC(C)C)c(=O)n21. The molecule has 0 spiro atoms. The van der Waals surface area contributed by atoms with Gasteiger partial charge in [0, 0.05) is 12.0 Å². The Kier molecular flexibility index (Phi) is 4.52. The number of carbonyl (C=O) groups excluding carboxylic acids is 1. The molecule has 0 amide bonds. The minimum Gasteiger partial charge on any atom is -0.467 e. The summed E-state index contributed by atoms with van der Waals surface area (Å²) in [5, 5.41) is 3.26. The van der Waals surface area contributed by atoms with Gasteiger partial charge in [0.15, 0.2) is 11.0 Å². The average molecular weight is 328 g/mol. The first-order valence-electron chi connectivity index (χ1n) is 7.33. The van der Waals surface area contributed by atoms with Crippen molar-refractivity contribution in [3.63, 3.8) is 0 Å². The van der Waals surface area contributed by atoms with Crippen molar-refractivity contribution in [2.24, 2.45) is 5.92 Å². The van der Waals surface area contributed by atoms with E-state index in [2.05, 4.69) is 10.3 Å². The number of nitrogens with zero attached hydrogens (tertiary/aromatic N) is 2. The summed E-state index contributed by atoms with van der Waals surface area (Å²) in [5.74, 6) is 0.0890. The molecule has 0 saturated heterocycles. The molecular weight excluding hydrogens is 306 g/mol. The van der Waals surface area contributed by atoms with Crippen LogP contribution in [0.1, 0.15) is 45.9 Å². The lowest BCUT2D eigenvalue weighted by Gasteiger charge is -2.19. The number of rotatable bonds is 4. The third kappa shape index (κ3) is 2.84. The third-order valence-electron chi connectivity index (χ3n) is 3.88. The number of hydrogen-bond donors (Lipinski definition) is 1. The molecular formula is C15H22ClN3O3. The fourth-order valence-corrected chi connectivity index (χ4v) is 3.26. The largest absolute Gasteiger partial charge is 0.467 e. The first-order valence-corrected chi connectivity index (χ1v) is 7.71. The minimum absolute atomic E-state index is 0.175. The first-order chi connectivity index (χ1) is 10.2. The highest BCUT2D eigenvalue weighted by molar-refractivity contribution is 6.30. The van der Waals surface area contributed by atoms with Gasteiger partial charge >= 0.3 is 5.97 Å². The molecule has 0 aromatic carbocycles. The molecule has 1 N–H and O–H groups in total. The second-order valence-electron chi connectivity index (χ2n) is 6.68. The summed E-state index contributed by atoms with van der Waals surface area (Å²) >= 11 is 6.30. The first kappa shape index (κ1) is 16.8. The summed E-state index contributed by atoms with van der Waals surface area (Å²) in [5.41, 5.74) is -0.163. The van der Waals surface area contributed by atoms with Gasteiger partial charge in [-0.05, 0) is 12.3 Å². The van der Waals surface area contributed by atoms with Crippen LogP contribution in [-0.2, 0) is 14.9 Å². The Bertz CT molecular complexity index is 652. The average Bonchev–Trinajstić information content (AvgIpc) is 2.72. The predicted molar refractivity (Wildman–Crippen MR) is 85.5 cm³/mol. The van der Waals surface area contributed by atoms with Crippen LogP contribution >= 0.6 is 11.6 Å². The monoisotopic (exact) mass is 327 g/mol. The summed E-state index contributed by atoms with van der Waals surface area (Å²) in [6.45, 7) is 8.54. The summed E-state index contributed by atoms with van der Waals surface area (Å²) in [6, 6.07) is -0.664. The van der Waals surface area contributed by atoms with Crippen molar-refractivity contribution in [1.29, 1.82) is 0 Å². The Labute approximate surface area is 134 Å². The topological polar surface area (TPSA) is 73.2 Å². The molecule has 0 bridgehead atoms. The lowest BCUT2D eigenvalue weighted by molar-refractivity contribution is -0.144. The molecule has 122 valence electrons. The fraction of sp³-hybridized carbons (Fsp3) is 0.667. The molecule has 1 aliphatic rings. The number of methoxy groups -OCH3 is 1. The molecule has 0 unspecified atom stereocenters. The summed E-state index contributed by atoms with van der Waals surface area (Å²) in [7, 11) is 1.32. The van der Waals surface area contributed by atoms with Crippen molar-refractivity contribution >= 4 is 23.4 Å². The van der Waals surface area contributed by atoms with Crippen LogP contribution in [0.3, 0.4) is 0 Å². The Morgan fingerprint density at radius 3 is 2.73 bits per heavy atom. The number of aromatic nitrogens is 2. The molecule has 22 heavy (non-hydrogen) atoms. The van der Waals surface area contributed by atoms with Crippen molar-refractivity contribution in [2.75, 3.05) is 19.0 Å². The van der Waals surface area contributed by atoms with Gasteiger partial charge in [-0.3, -0.25) is 9.36 Å². The molecule has 0 fully saturated rings. The molecule has 0 radical (unpaired) electrons. The Morgan fingerprint density at radius 1 is 1.55 bits per heavy atom. The summed E-state index contributed by atoms with van der Waals surface area (Å²) < 4.78 is 6.27. The van der Waals surface area contributed by atoms with Crippen LogP contribution in [0.4, 0.5) is 5.82 Å². The van der Waals surface area contributed by atoms with Gasteiger partial charge < -0.3 is 10.1 Å². The van der Waals surface area contributed by atoms with E-state index in [1.165, 1.54) is 11.7 Å². The zero-order valence-electron chi connectivity index (χ0n) is 13.6. The van der Waals surface area contributed by atoms with Gasteiger partial charge in [0.25, 0.3) is 5.56 Å². The lowest BCUT2D eigenvalue weighted by Crippen LogP contribution is -2.32. The van der Waals surface area contributed by atoms with E-state index >= 15 is 0 Å². The van der Waals surface area contributed by atoms with Crippen molar-refractivity contribution in [2.45, 2.75) is 45.6 Å². The number of halogens is 1. The molecule has 1 atom stereocenters. The van der Waals surface area contributed by atoms with Crippen LogP contribution in [0.15, 0.2) is 4.79 Å². The highest BCUT2D eigenvalue weighted by Crippen LogP contribution is 2.43. The maximum atomic E-state index is 12.7. The van der Waals surface area contributed by atoms with E-state index in [-0.39, 0.29) is 16.5 Å². The molecule has 1 aliphatic heterocycles. The molecule has 2 heterocycles. The molecule has 0 aliphatic carbocycles. The lowest BCUT2D eigenvalue weighted by atomic mass is 9.87. The standard InChI is InChI=1S/C15H22ClN3O3/c1-8(2)7-17-12-13(20)19-9(14(21)22-5)6-15(3,4)10(19)11(16)18-12/h8-9H,6-7H2,1-5H3,(H,17,18)/t9-/m0/s1. The molecule has 7 heteroatoms.